The van der Waals surface area contributed by atoms with Crippen molar-refractivity contribution in [3.05, 3.63) is 66.7 Å². The van der Waals surface area contributed by atoms with Gasteiger partial charge in [0.05, 0.1) is 11.0 Å². The summed E-state index contributed by atoms with van der Waals surface area (Å²) in [7, 11) is 25.2. The molecule has 0 atom stereocenters. The number of fused-ring (bicyclic) bond motifs is 7. The normalized spacial score (nSPS) is 11.9. The zero-order valence-corrected chi connectivity index (χ0v) is 16.8. The lowest BCUT2D eigenvalue weighted by atomic mass is 9.66. The van der Waals surface area contributed by atoms with Gasteiger partial charge in [0.15, 0.2) is 0 Å². The molecule has 0 aliphatic heterocycles. The highest BCUT2D eigenvalue weighted by Gasteiger charge is 2.20. The van der Waals surface area contributed by atoms with Gasteiger partial charge in [-0.05, 0) is 29.7 Å². The first-order valence-corrected chi connectivity index (χ1v) is 10.4. The summed E-state index contributed by atoms with van der Waals surface area (Å²) < 4.78 is 4.27. The van der Waals surface area contributed by atoms with Crippen LogP contribution in [-0.2, 0) is 0 Å². The predicted molar refractivity (Wildman–Crippen MR) is 135 cm³/mol. The van der Waals surface area contributed by atoms with Crippen molar-refractivity contribution in [2.24, 2.45) is 0 Å². The van der Waals surface area contributed by atoms with Crippen molar-refractivity contribution < 1.29 is 0 Å². The molecule has 1 nitrogen and oxygen atoms in total. The molecule has 2 aromatic heterocycles. The van der Waals surface area contributed by atoms with Crippen molar-refractivity contribution in [2.75, 3.05) is 0 Å². The molecule has 130 valence electrons. The van der Waals surface area contributed by atoms with Gasteiger partial charge in [0.1, 0.15) is 31.4 Å². The lowest BCUT2D eigenvalue weighted by molar-refractivity contribution is 1.19. The molecule has 8 radical (unpaired) electrons. The molecule has 0 spiro atoms. The molecular formula is C24H11B4NS. The molecule has 0 amide bonds. The van der Waals surface area contributed by atoms with E-state index in [2.05, 4.69) is 53.1 Å². The lowest BCUT2D eigenvalue weighted by Gasteiger charge is -2.14. The number of rotatable bonds is 1. The summed E-state index contributed by atoms with van der Waals surface area (Å²) in [5.41, 5.74) is 5.01. The van der Waals surface area contributed by atoms with Gasteiger partial charge in [-0.1, -0.05) is 53.4 Å². The molecule has 6 aromatic rings. The van der Waals surface area contributed by atoms with Crippen LogP contribution in [0.4, 0.5) is 0 Å². The fourth-order valence-corrected chi connectivity index (χ4v) is 5.67. The number of benzene rings is 4. The van der Waals surface area contributed by atoms with E-state index in [9.17, 15) is 0 Å². The Morgan fingerprint density at radius 1 is 0.600 bits per heavy atom. The average Bonchev–Trinajstić information content (AvgIpc) is 3.33. The summed E-state index contributed by atoms with van der Waals surface area (Å²) in [6.07, 6.45) is 0. The second-order valence-electron chi connectivity index (χ2n) is 7.48. The SMILES string of the molecule is [B]c1c([B])c([B])c2c(sc3ccc4c5ccccc5n(-c5ccccc5)c4c32)c1[B]. The first-order valence-electron chi connectivity index (χ1n) is 9.63. The van der Waals surface area contributed by atoms with E-state index in [1.165, 1.54) is 5.39 Å². The van der Waals surface area contributed by atoms with E-state index in [-0.39, 0.29) is 0 Å². The molecule has 0 unspecified atom stereocenters. The van der Waals surface area contributed by atoms with E-state index in [1.54, 1.807) is 11.3 Å². The van der Waals surface area contributed by atoms with E-state index in [1.807, 2.05) is 18.2 Å². The van der Waals surface area contributed by atoms with Crippen LogP contribution in [0.3, 0.4) is 0 Å². The van der Waals surface area contributed by atoms with E-state index in [0.717, 1.165) is 42.3 Å². The van der Waals surface area contributed by atoms with Crippen molar-refractivity contribution >= 4 is 107 Å². The molecule has 6 rings (SSSR count). The van der Waals surface area contributed by atoms with Gasteiger partial charge in [-0.15, -0.1) is 22.3 Å². The Morgan fingerprint density at radius 2 is 1.30 bits per heavy atom. The van der Waals surface area contributed by atoms with Gasteiger partial charge in [-0.3, -0.25) is 0 Å². The monoisotopic (exact) mass is 389 g/mol. The van der Waals surface area contributed by atoms with E-state index < -0.39 is 0 Å². The summed E-state index contributed by atoms with van der Waals surface area (Å²) in [6, 6.07) is 23.1. The minimum absolute atomic E-state index is 0.346. The molecule has 6 heteroatoms. The number of nitrogens with zero attached hydrogens (tertiary/aromatic N) is 1. The van der Waals surface area contributed by atoms with Gasteiger partial charge >= 0.3 is 0 Å². The Balaban J connectivity index is 1.96. The van der Waals surface area contributed by atoms with E-state index in [4.69, 9.17) is 31.4 Å². The third kappa shape index (κ3) is 2.23. The number of para-hydroxylation sites is 2. The Labute approximate surface area is 183 Å². The van der Waals surface area contributed by atoms with Gasteiger partial charge in [-0.25, -0.2) is 0 Å². The summed E-state index contributed by atoms with van der Waals surface area (Å²) >= 11 is 1.60. The van der Waals surface area contributed by atoms with Crippen LogP contribution in [0.25, 0.3) is 47.7 Å². The maximum atomic E-state index is 6.51. The number of hydrogen-bond acceptors (Lipinski definition) is 1. The fourth-order valence-electron chi connectivity index (χ4n) is 4.48. The third-order valence-electron chi connectivity index (χ3n) is 5.89. The highest BCUT2D eigenvalue weighted by atomic mass is 32.1. The van der Waals surface area contributed by atoms with Crippen LogP contribution in [0, 0.1) is 0 Å². The molecule has 30 heavy (non-hydrogen) atoms. The van der Waals surface area contributed by atoms with Crippen LogP contribution in [0.5, 0.6) is 0 Å². The second-order valence-corrected chi connectivity index (χ2v) is 8.54. The zero-order chi connectivity index (χ0) is 20.6. The smallest absolute Gasteiger partial charge is 0.114 e. The first-order chi connectivity index (χ1) is 14.6. The zero-order valence-electron chi connectivity index (χ0n) is 16.0. The topological polar surface area (TPSA) is 4.93 Å². The van der Waals surface area contributed by atoms with Crippen LogP contribution in [0.15, 0.2) is 66.7 Å². The predicted octanol–water partition coefficient (Wildman–Crippen LogP) is 2.33. The maximum Gasteiger partial charge on any atom is 0.114 e. The van der Waals surface area contributed by atoms with Gasteiger partial charge in [0.2, 0.25) is 0 Å². The van der Waals surface area contributed by atoms with E-state index >= 15 is 0 Å². The second kappa shape index (κ2) is 6.33. The van der Waals surface area contributed by atoms with Gasteiger partial charge in [-0.2, -0.15) is 0 Å². The third-order valence-corrected chi connectivity index (χ3v) is 7.07. The molecule has 0 aliphatic carbocycles. The van der Waals surface area contributed by atoms with Crippen molar-refractivity contribution in [1.82, 2.24) is 4.57 Å². The summed E-state index contributed by atoms with van der Waals surface area (Å²) in [4.78, 5) is 0. The Kier molecular flexibility index (Phi) is 3.79. The Morgan fingerprint density at radius 3 is 2.10 bits per heavy atom. The van der Waals surface area contributed by atoms with Crippen LogP contribution < -0.4 is 21.9 Å². The lowest BCUT2D eigenvalue weighted by Crippen LogP contribution is -2.47. The first kappa shape index (κ1) is 18.0. The minimum Gasteiger partial charge on any atom is -0.309 e. The average molecular weight is 389 g/mol. The highest BCUT2D eigenvalue weighted by Crippen LogP contribution is 2.41. The quantitative estimate of drug-likeness (QED) is 0.381. The molecule has 0 N–H and O–H groups in total. The molecule has 2 heterocycles. The molecule has 0 saturated heterocycles. The van der Waals surface area contributed by atoms with Crippen LogP contribution in [0.1, 0.15) is 0 Å². The molecule has 0 bridgehead atoms. The Bertz CT molecular complexity index is 1630. The fraction of sp³-hybridized carbons (Fsp3) is 0. The van der Waals surface area contributed by atoms with Crippen LogP contribution in [0.2, 0.25) is 0 Å². The minimum atomic E-state index is 0.346. The molecule has 0 aliphatic rings. The summed E-state index contributed by atoms with van der Waals surface area (Å²) in [5.74, 6) is 0. The van der Waals surface area contributed by atoms with E-state index in [0.29, 0.717) is 21.9 Å². The standard InChI is InChI=1S/C24H11B4NS/c25-19-18-17-16(30-24(18)22(28)21(27)20(19)26)11-10-14-13-8-4-5-9-15(13)29(23(14)17)12-6-2-1-3-7-12/h1-11H. The number of aromatic nitrogens is 1. The Hall–Kier alpha value is -2.84. The molecule has 0 saturated carbocycles. The van der Waals surface area contributed by atoms with Crippen molar-refractivity contribution in [2.45, 2.75) is 0 Å². The van der Waals surface area contributed by atoms with Gasteiger partial charge in [0, 0.05) is 31.2 Å². The van der Waals surface area contributed by atoms with Crippen molar-refractivity contribution in [3.8, 4) is 5.69 Å². The van der Waals surface area contributed by atoms with Gasteiger partial charge < -0.3 is 4.57 Å². The summed E-state index contributed by atoms with van der Waals surface area (Å²) in [5, 5.41) is 4.29. The van der Waals surface area contributed by atoms with Crippen LogP contribution in [-0.4, -0.2) is 36.0 Å². The van der Waals surface area contributed by atoms with Crippen LogP contribution >= 0.6 is 11.3 Å². The molecule has 0 fully saturated rings. The molecular weight excluding hydrogens is 378 g/mol. The largest absolute Gasteiger partial charge is 0.309 e. The van der Waals surface area contributed by atoms with Crippen molar-refractivity contribution in [3.63, 3.8) is 0 Å². The number of thiophene rings is 1. The summed E-state index contributed by atoms with van der Waals surface area (Å²) in [6.45, 7) is 0. The van der Waals surface area contributed by atoms with Crippen molar-refractivity contribution in [1.29, 1.82) is 0 Å². The van der Waals surface area contributed by atoms with Gasteiger partial charge in [0.25, 0.3) is 0 Å². The highest BCUT2D eigenvalue weighted by molar-refractivity contribution is 7.27. The molecule has 4 aromatic carbocycles. The number of hydrogen-bond donors (Lipinski definition) is 0. The maximum absolute atomic E-state index is 6.51.